The number of fused-ring (bicyclic) bond motifs is 1. The van der Waals surface area contributed by atoms with Crippen LogP contribution in [0.3, 0.4) is 0 Å². The molecule has 0 aliphatic heterocycles. The largest absolute Gasteiger partial charge is 0.496 e. The molecule has 134 valence electrons. The van der Waals surface area contributed by atoms with Crippen molar-refractivity contribution in [3.05, 3.63) is 41.0 Å². The van der Waals surface area contributed by atoms with Gasteiger partial charge in [-0.05, 0) is 44.5 Å². The summed E-state index contributed by atoms with van der Waals surface area (Å²) in [5, 5.41) is 1.14. The lowest BCUT2D eigenvalue weighted by molar-refractivity contribution is 0.412. The minimum absolute atomic E-state index is 0.255. The van der Waals surface area contributed by atoms with Gasteiger partial charge in [0.1, 0.15) is 17.2 Å². The Balaban J connectivity index is 0.00000109. The van der Waals surface area contributed by atoms with Crippen molar-refractivity contribution in [1.82, 2.24) is 9.97 Å². The average molecular weight is 340 g/mol. The second-order valence-corrected chi connectivity index (χ2v) is 6.22. The highest BCUT2D eigenvalue weighted by molar-refractivity contribution is 5.88. The maximum atomic E-state index is 5.78. The van der Waals surface area contributed by atoms with E-state index in [9.17, 15) is 0 Å². The van der Waals surface area contributed by atoms with Crippen LogP contribution in [0.4, 0.5) is 0 Å². The van der Waals surface area contributed by atoms with Crippen molar-refractivity contribution in [2.75, 3.05) is 7.11 Å². The zero-order chi connectivity index (χ0) is 18.7. The number of aromatic nitrogens is 2. The standard InChI is InChI=1S/C19H22N2O2.C2H6/c1-10(2)19-21-18(13(5)23-19)15-9-11(3)14-7-8-16(22-6)12(4)17(14)20-15;1-2/h7-10H,1-6H3;1-2H3. The summed E-state index contributed by atoms with van der Waals surface area (Å²) in [6, 6.07) is 6.12. The maximum Gasteiger partial charge on any atom is 0.197 e. The van der Waals surface area contributed by atoms with Gasteiger partial charge in [-0.2, -0.15) is 0 Å². The van der Waals surface area contributed by atoms with E-state index in [0.717, 1.165) is 45.3 Å². The Morgan fingerprint density at radius 2 is 1.72 bits per heavy atom. The molecule has 3 aromatic rings. The van der Waals surface area contributed by atoms with Crippen molar-refractivity contribution in [2.45, 2.75) is 54.4 Å². The number of methoxy groups -OCH3 is 1. The van der Waals surface area contributed by atoms with Gasteiger partial charge in [-0.3, -0.25) is 0 Å². The molecule has 0 N–H and O–H groups in total. The molecule has 4 nitrogen and oxygen atoms in total. The molecule has 0 fully saturated rings. The summed E-state index contributed by atoms with van der Waals surface area (Å²) in [5.74, 6) is 2.66. The number of rotatable bonds is 3. The predicted molar refractivity (Wildman–Crippen MR) is 103 cm³/mol. The SMILES string of the molecule is CC.COc1ccc2c(C)cc(-c3nc(C(C)C)oc3C)nc2c1C. The molecule has 0 bridgehead atoms. The normalized spacial score (nSPS) is 10.8. The number of ether oxygens (including phenoxy) is 1. The van der Waals surface area contributed by atoms with E-state index in [0.29, 0.717) is 0 Å². The Morgan fingerprint density at radius 3 is 2.28 bits per heavy atom. The van der Waals surface area contributed by atoms with Crippen LogP contribution in [0.2, 0.25) is 0 Å². The minimum atomic E-state index is 0.255. The first-order valence-corrected chi connectivity index (χ1v) is 8.85. The van der Waals surface area contributed by atoms with Crippen molar-refractivity contribution >= 4 is 10.9 Å². The summed E-state index contributed by atoms with van der Waals surface area (Å²) in [7, 11) is 1.68. The third-order valence-corrected chi connectivity index (χ3v) is 4.16. The maximum absolute atomic E-state index is 5.78. The van der Waals surface area contributed by atoms with Crippen molar-refractivity contribution in [3.63, 3.8) is 0 Å². The van der Waals surface area contributed by atoms with Gasteiger partial charge in [0.25, 0.3) is 0 Å². The summed E-state index contributed by atoms with van der Waals surface area (Å²) in [4.78, 5) is 9.48. The average Bonchev–Trinajstić information content (AvgIpc) is 2.99. The Morgan fingerprint density at radius 1 is 1.04 bits per heavy atom. The first kappa shape index (κ1) is 19.0. The predicted octanol–water partition coefficient (Wildman–Crippen LogP) is 5.97. The molecule has 3 rings (SSSR count). The third-order valence-electron chi connectivity index (χ3n) is 4.16. The van der Waals surface area contributed by atoms with Crippen LogP contribution in [0.15, 0.2) is 22.6 Å². The number of aryl methyl sites for hydroxylation is 3. The lowest BCUT2D eigenvalue weighted by atomic mass is 10.0. The first-order valence-electron chi connectivity index (χ1n) is 8.85. The fraction of sp³-hybridized carbons (Fsp3) is 0.429. The van der Waals surface area contributed by atoms with E-state index in [1.807, 2.05) is 33.8 Å². The van der Waals surface area contributed by atoms with Gasteiger partial charge < -0.3 is 9.15 Å². The molecule has 2 heterocycles. The van der Waals surface area contributed by atoms with E-state index in [4.69, 9.17) is 14.1 Å². The monoisotopic (exact) mass is 340 g/mol. The Labute approximate surface area is 150 Å². The fourth-order valence-corrected chi connectivity index (χ4v) is 2.82. The van der Waals surface area contributed by atoms with Crippen molar-refractivity contribution in [1.29, 1.82) is 0 Å². The van der Waals surface area contributed by atoms with Crippen LogP contribution in [-0.2, 0) is 0 Å². The molecule has 2 aromatic heterocycles. The number of benzene rings is 1. The highest BCUT2D eigenvalue weighted by Crippen LogP contribution is 2.32. The number of nitrogens with zero attached hydrogens (tertiary/aromatic N) is 2. The summed E-state index contributed by atoms with van der Waals surface area (Å²) >= 11 is 0. The molecule has 0 radical (unpaired) electrons. The van der Waals surface area contributed by atoms with E-state index in [1.165, 1.54) is 5.56 Å². The highest BCUT2D eigenvalue weighted by Gasteiger charge is 2.17. The zero-order valence-corrected chi connectivity index (χ0v) is 16.5. The van der Waals surface area contributed by atoms with E-state index in [1.54, 1.807) is 7.11 Å². The molecule has 0 amide bonds. The van der Waals surface area contributed by atoms with Gasteiger partial charge in [0.15, 0.2) is 5.89 Å². The molecule has 1 aromatic carbocycles. The van der Waals surface area contributed by atoms with Crippen LogP contribution in [0, 0.1) is 20.8 Å². The molecule has 0 aliphatic carbocycles. The van der Waals surface area contributed by atoms with Gasteiger partial charge in [0.05, 0.1) is 18.3 Å². The third kappa shape index (κ3) is 3.53. The summed E-state index contributed by atoms with van der Waals surface area (Å²) < 4.78 is 11.2. The lowest BCUT2D eigenvalue weighted by Gasteiger charge is -2.11. The molecule has 0 saturated heterocycles. The summed E-state index contributed by atoms with van der Waals surface area (Å²) in [6.07, 6.45) is 0. The van der Waals surface area contributed by atoms with Gasteiger partial charge in [0, 0.05) is 16.9 Å². The second-order valence-electron chi connectivity index (χ2n) is 6.22. The van der Waals surface area contributed by atoms with Crippen molar-refractivity contribution in [2.24, 2.45) is 0 Å². The Kier molecular flexibility index (Phi) is 5.83. The molecule has 0 saturated carbocycles. The van der Waals surface area contributed by atoms with Crippen LogP contribution in [0.5, 0.6) is 5.75 Å². The molecule has 0 spiro atoms. The smallest absolute Gasteiger partial charge is 0.197 e. The zero-order valence-electron chi connectivity index (χ0n) is 16.5. The Hall–Kier alpha value is -2.36. The Bertz CT molecular complexity index is 879. The molecule has 0 aliphatic rings. The van der Waals surface area contributed by atoms with Gasteiger partial charge in [0.2, 0.25) is 0 Å². The number of hydrogen-bond acceptors (Lipinski definition) is 4. The van der Waals surface area contributed by atoms with E-state index < -0.39 is 0 Å². The van der Waals surface area contributed by atoms with Gasteiger partial charge in [-0.25, -0.2) is 9.97 Å². The molecular formula is C21H28N2O2. The molecule has 0 unspecified atom stereocenters. The van der Waals surface area contributed by atoms with Crippen LogP contribution < -0.4 is 4.74 Å². The molecular weight excluding hydrogens is 312 g/mol. The number of pyridine rings is 1. The van der Waals surface area contributed by atoms with E-state index in [-0.39, 0.29) is 5.92 Å². The molecule has 4 heteroatoms. The number of oxazole rings is 1. The topological polar surface area (TPSA) is 48.2 Å². The quantitative estimate of drug-likeness (QED) is 0.589. The van der Waals surface area contributed by atoms with E-state index in [2.05, 4.69) is 37.9 Å². The summed E-state index contributed by atoms with van der Waals surface area (Å²) in [5.41, 5.74) is 4.83. The second kappa shape index (κ2) is 7.68. The van der Waals surface area contributed by atoms with Crippen LogP contribution >= 0.6 is 0 Å². The summed E-state index contributed by atoms with van der Waals surface area (Å²) in [6.45, 7) is 14.2. The van der Waals surface area contributed by atoms with Crippen LogP contribution in [-0.4, -0.2) is 17.1 Å². The minimum Gasteiger partial charge on any atom is -0.496 e. The van der Waals surface area contributed by atoms with Gasteiger partial charge in [-0.15, -0.1) is 0 Å². The van der Waals surface area contributed by atoms with Gasteiger partial charge in [-0.1, -0.05) is 27.7 Å². The molecule has 25 heavy (non-hydrogen) atoms. The van der Waals surface area contributed by atoms with Crippen molar-refractivity contribution < 1.29 is 9.15 Å². The number of hydrogen-bond donors (Lipinski definition) is 0. The van der Waals surface area contributed by atoms with Gasteiger partial charge >= 0.3 is 0 Å². The fourth-order valence-electron chi connectivity index (χ4n) is 2.82. The van der Waals surface area contributed by atoms with Crippen LogP contribution in [0.25, 0.3) is 22.3 Å². The lowest BCUT2D eigenvalue weighted by Crippen LogP contribution is -1.95. The van der Waals surface area contributed by atoms with E-state index >= 15 is 0 Å². The molecule has 0 atom stereocenters. The first-order chi connectivity index (χ1) is 11.9. The highest BCUT2D eigenvalue weighted by atomic mass is 16.5. The van der Waals surface area contributed by atoms with Crippen LogP contribution in [0.1, 0.15) is 56.4 Å². The van der Waals surface area contributed by atoms with Crippen molar-refractivity contribution in [3.8, 4) is 17.1 Å².